The predicted molar refractivity (Wildman–Crippen MR) is 111 cm³/mol. The van der Waals surface area contributed by atoms with Gasteiger partial charge in [-0.05, 0) is 38.8 Å². The van der Waals surface area contributed by atoms with Crippen molar-refractivity contribution in [3.05, 3.63) is 53.9 Å². The molecule has 1 N–H and O–H groups in total. The highest BCUT2D eigenvalue weighted by Gasteiger charge is 2.34. The molecule has 0 atom stereocenters. The summed E-state index contributed by atoms with van der Waals surface area (Å²) in [7, 11) is 0. The van der Waals surface area contributed by atoms with E-state index in [0.29, 0.717) is 5.56 Å². The van der Waals surface area contributed by atoms with Crippen LogP contribution >= 0.6 is 0 Å². The van der Waals surface area contributed by atoms with E-state index in [2.05, 4.69) is 35.1 Å². The molecule has 0 aromatic carbocycles. The average Bonchev–Trinajstić information content (AvgIpc) is 2.73. The third kappa shape index (κ3) is 5.07. The van der Waals surface area contributed by atoms with Gasteiger partial charge < -0.3 is 10.2 Å². The summed E-state index contributed by atoms with van der Waals surface area (Å²) in [6.07, 6.45) is -0.0814. The Kier molecular flexibility index (Phi) is 5.71. The van der Waals surface area contributed by atoms with Gasteiger partial charge in [0.25, 0.3) is 0 Å². The Balaban J connectivity index is 1.50. The van der Waals surface area contributed by atoms with Gasteiger partial charge in [0.1, 0.15) is 17.5 Å². The standard InChI is InChI=1S/C21H22F3N7/c1-13-10-19(27-14(2)26-13)31-8-5-16(6-9-31)28-18-11-17(21(22,23)24)29-20(30-18)15-4-3-7-25-12-15/h3-4,7,10-12,16H,5-6,8-9H2,1-2H3,(H,28,29,30). The molecule has 3 aromatic heterocycles. The monoisotopic (exact) mass is 429 g/mol. The molecule has 0 radical (unpaired) electrons. The Morgan fingerprint density at radius 3 is 2.45 bits per heavy atom. The number of rotatable bonds is 4. The number of nitrogens with zero attached hydrogens (tertiary/aromatic N) is 6. The molecule has 0 unspecified atom stereocenters. The lowest BCUT2D eigenvalue weighted by molar-refractivity contribution is -0.141. The zero-order chi connectivity index (χ0) is 22.0. The molecule has 0 saturated carbocycles. The van der Waals surface area contributed by atoms with Gasteiger partial charge in [-0.25, -0.2) is 19.9 Å². The van der Waals surface area contributed by atoms with Gasteiger partial charge in [-0.1, -0.05) is 0 Å². The van der Waals surface area contributed by atoms with Crippen LogP contribution in [0.1, 0.15) is 30.1 Å². The summed E-state index contributed by atoms with van der Waals surface area (Å²) >= 11 is 0. The van der Waals surface area contributed by atoms with Crippen molar-refractivity contribution >= 4 is 11.6 Å². The smallest absolute Gasteiger partial charge is 0.367 e. The molecule has 3 aromatic rings. The summed E-state index contributed by atoms with van der Waals surface area (Å²) in [4.78, 5) is 22.9. The molecule has 0 aliphatic carbocycles. The predicted octanol–water partition coefficient (Wildman–Crippen LogP) is 4.05. The third-order valence-electron chi connectivity index (χ3n) is 5.06. The second-order valence-corrected chi connectivity index (χ2v) is 7.52. The topological polar surface area (TPSA) is 79.7 Å². The molecule has 0 amide bonds. The molecule has 162 valence electrons. The van der Waals surface area contributed by atoms with Gasteiger partial charge >= 0.3 is 6.18 Å². The van der Waals surface area contributed by atoms with Crippen LogP contribution in [0.3, 0.4) is 0 Å². The van der Waals surface area contributed by atoms with Crippen LogP contribution in [0, 0.1) is 13.8 Å². The SMILES string of the molecule is Cc1cc(N2CCC(Nc3cc(C(F)(F)F)nc(-c4cccnc4)n3)CC2)nc(C)n1. The maximum Gasteiger partial charge on any atom is 0.433 e. The lowest BCUT2D eigenvalue weighted by atomic mass is 10.0. The third-order valence-corrected chi connectivity index (χ3v) is 5.06. The maximum absolute atomic E-state index is 13.4. The van der Waals surface area contributed by atoms with Gasteiger partial charge in [-0.15, -0.1) is 0 Å². The van der Waals surface area contributed by atoms with Crippen molar-refractivity contribution in [1.82, 2.24) is 24.9 Å². The van der Waals surface area contributed by atoms with Gasteiger partial charge in [-0.2, -0.15) is 13.2 Å². The van der Waals surface area contributed by atoms with Crippen molar-refractivity contribution < 1.29 is 13.2 Å². The summed E-state index contributed by atoms with van der Waals surface area (Å²) in [5.41, 5.74) is 0.362. The van der Waals surface area contributed by atoms with Crippen molar-refractivity contribution in [2.24, 2.45) is 0 Å². The second-order valence-electron chi connectivity index (χ2n) is 7.52. The van der Waals surface area contributed by atoms with E-state index in [9.17, 15) is 13.2 Å². The average molecular weight is 429 g/mol. The minimum Gasteiger partial charge on any atom is -0.367 e. The highest BCUT2D eigenvalue weighted by molar-refractivity contribution is 5.56. The van der Waals surface area contributed by atoms with E-state index in [0.717, 1.165) is 49.3 Å². The molecule has 1 saturated heterocycles. The van der Waals surface area contributed by atoms with Crippen LogP contribution in [0.2, 0.25) is 0 Å². The van der Waals surface area contributed by atoms with Crippen LogP contribution in [0.4, 0.5) is 24.8 Å². The van der Waals surface area contributed by atoms with Crippen LogP contribution in [0.5, 0.6) is 0 Å². The van der Waals surface area contributed by atoms with E-state index in [1.165, 1.54) is 6.20 Å². The first-order valence-corrected chi connectivity index (χ1v) is 9.98. The van der Waals surface area contributed by atoms with Gasteiger partial charge in [0, 0.05) is 54.9 Å². The Bertz CT molecular complexity index is 1030. The molecule has 4 rings (SSSR count). The normalized spacial score (nSPS) is 15.2. The number of aromatic nitrogens is 5. The van der Waals surface area contributed by atoms with Crippen molar-refractivity contribution in [3.63, 3.8) is 0 Å². The van der Waals surface area contributed by atoms with Crippen LogP contribution in [0.15, 0.2) is 36.7 Å². The van der Waals surface area contributed by atoms with Crippen LogP contribution in [0.25, 0.3) is 11.4 Å². The first-order valence-electron chi connectivity index (χ1n) is 9.98. The molecular formula is C21H22F3N7. The van der Waals surface area contributed by atoms with Crippen LogP contribution in [-0.4, -0.2) is 44.1 Å². The van der Waals surface area contributed by atoms with E-state index < -0.39 is 11.9 Å². The first-order chi connectivity index (χ1) is 14.8. The number of nitrogens with one attached hydrogen (secondary N) is 1. The number of hydrogen-bond donors (Lipinski definition) is 1. The first kappa shape index (κ1) is 21.0. The minimum absolute atomic E-state index is 0.00184. The molecule has 7 nitrogen and oxygen atoms in total. The van der Waals surface area contributed by atoms with E-state index in [1.807, 2.05) is 19.9 Å². The summed E-state index contributed by atoms with van der Waals surface area (Å²) in [5, 5.41) is 3.17. The molecule has 1 aliphatic heterocycles. The Labute approximate surface area is 177 Å². The number of halogens is 3. The number of anilines is 2. The number of aryl methyl sites for hydroxylation is 2. The van der Waals surface area contributed by atoms with Gasteiger partial charge in [0.15, 0.2) is 11.5 Å². The summed E-state index contributed by atoms with van der Waals surface area (Å²) in [5.74, 6) is 1.76. The summed E-state index contributed by atoms with van der Waals surface area (Å²) in [6.45, 7) is 5.26. The highest BCUT2D eigenvalue weighted by Crippen LogP contribution is 2.31. The molecule has 0 bridgehead atoms. The minimum atomic E-state index is -4.57. The lowest BCUT2D eigenvalue weighted by Gasteiger charge is -2.33. The zero-order valence-corrected chi connectivity index (χ0v) is 17.2. The van der Waals surface area contributed by atoms with Gasteiger partial charge in [0.05, 0.1) is 0 Å². The number of piperidine rings is 1. The van der Waals surface area contributed by atoms with Crippen molar-refractivity contribution in [2.45, 2.75) is 38.9 Å². The van der Waals surface area contributed by atoms with Crippen molar-refractivity contribution in [2.75, 3.05) is 23.3 Å². The number of alkyl halides is 3. The lowest BCUT2D eigenvalue weighted by Crippen LogP contribution is -2.39. The summed E-state index contributed by atoms with van der Waals surface area (Å²) < 4.78 is 40.2. The molecule has 0 spiro atoms. The zero-order valence-electron chi connectivity index (χ0n) is 17.2. The fraction of sp³-hybridized carbons (Fsp3) is 0.381. The van der Waals surface area contributed by atoms with E-state index in [4.69, 9.17) is 0 Å². The quantitative estimate of drug-likeness (QED) is 0.670. The molecule has 31 heavy (non-hydrogen) atoms. The van der Waals surface area contributed by atoms with Gasteiger partial charge in [0.2, 0.25) is 0 Å². The molecule has 4 heterocycles. The van der Waals surface area contributed by atoms with Crippen LogP contribution < -0.4 is 10.2 Å². The van der Waals surface area contributed by atoms with Crippen molar-refractivity contribution in [1.29, 1.82) is 0 Å². The molecule has 1 fully saturated rings. The molecule has 1 aliphatic rings. The van der Waals surface area contributed by atoms with Gasteiger partial charge in [-0.3, -0.25) is 4.98 Å². The van der Waals surface area contributed by atoms with Crippen molar-refractivity contribution in [3.8, 4) is 11.4 Å². The Morgan fingerprint density at radius 2 is 1.81 bits per heavy atom. The summed E-state index contributed by atoms with van der Waals surface area (Å²) in [6, 6.07) is 6.18. The Hall–Kier alpha value is -3.30. The molecular weight excluding hydrogens is 407 g/mol. The number of pyridine rings is 1. The van der Waals surface area contributed by atoms with E-state index >= 15 is 0 Å². The number of hydrogen-bond acceptors (Lipinski definition) is 7. The highest BCUT2D eigenvalue weighted by atomic mass is 19.4. The fourth-order valence-electron chi connectivity index (χ4n) is 3.61. The van der Waals surface area contributed by atoms with E-state index in [1.54, 1.807) is 18.3 Å². The second kappa shape index (κ2) is 8.44. The largest absolute Gasteiger partial charge is 0.433 e. The maximum atomic E-state index is 13.4. The van der Waals surface area contributed by atoms with E-state index in [-0.39, 0.29) is 17.7 Å². The molecule has 10 heteroatoms. The Morgan fingerprint density at radius 1 is 1.03 bits per heavy atom. The fourth-order valence-corrected chi connectivity index (χ4v) is 3.61. The van der Waals surface area contributed by atoms with Crippen LogP contribution in [-0.2, 0) is 6.18 Å².